The maximum absolute atomic E-state index is 5.50. The van der Waals surface area contributed by atoms with E-state index in [1.54, 1.807) is 12.4 Å². The van der Waals surface area contributed by atoms with Gasteiger partial charge in [-0.1, -0.05) is 30.3 Å². The SMILES string of the molecule is C/C(=N/NC(=S)N1CCC(c2ccccc2)CC1)c1nccnc1C. The minimum absolute atomic E-state index is 0.618. The summed E-state index contributed by atoms with van der Waals surface area (Å²) >= 11 is 5.50. The summed E-state index contributed by atoms with van der Waals surface area (Å²) in [5.41, 5.74) is 6.87. The molecule has 1 aliphatic heterocycles. The van der Waals surface area contributed by atoms with Gasteiger partial charge in [0, 0.05) is 25.5 Å². The van der Waals surface area contributed by atoms with E-state index in [1.807, 2.05) is 13.8 Å². The number of aryl methyl sites for hydroxylation is 1. The van der Waals surface area contributed by atoms with Crippen LogP contribution in [0.15, 0.2) is 47.8 Å². The van der Waals surface area contributed by atoms with Crippen molar-refractivity contribution in [2.75, 3.05) is 13.1 Å². The second kappa shape index (κ2) is 8.16. The molecule has 1 saturated heterocycles. The number of hydrazone groups is 1. The molecule has 0 bridgehead atoms. The average Bonchev–Trinajstić information content (AvgIpc) is 2.67. The highest BCUT2D eigenvalue weighted by molar-refractivity contribution is 7.80. The summed E-state index contributed by atoms with van der Waals surface area (Å²) in [6, 6.07) is 10.7. The van der Waals surface area contributed by atoms with E-state index < -0.39 is 0 Å². The number of hydrogen-bond donors (Lipinski definition) is 1. The Balaban J connectivity index is 1.55. The normalized spacial score (nSPS) is 15.9. The van der Waals surface area contributed by atoms with Crippen LogP contribution in [0.1, 0.15) is 42.6 Å². The minimum atomic E-state index is 0.618. The highest BCUT2D eigenvalue weighted by Crippen LogP contribution is 2.27. The molecule has 1 fully saturated rings. The van der Waals surface area contributed by atoms with Crippen LogP contribution in [0.25, 0.3) is 0 Å². The highest BCUT2D eigenvalue weighted by Gasteiger charge is 2.21. The van der Waals surface area contributed by atoms with Gasteiger partial charge in [0.1, 0.15) is 5.69 Å². The summed E-state index contributed by atoms with van der Waals surface area (Å²) in [6.45, 7) is 5.73. The number of hydrogen-bond acceptors (Lipinski definition) is 4. The molecule has 1 N–H and O–H groups in total. The van der Waals surface area contributed by atoms with Crippen molar-refractivity contribution in [2.45, 2.75) is 32.6 Å². The first-order valence-corrected chi connectivity index (χ1v) is 8.98. The number of rotatable bonds is 3. The van der Waals surface area contributed by atoms with E-state index in [1.165, 1.54) is 5.56 Å². The van der Waals surface area contributed by atoms with Crippen LogP contribution in [0.4, 0.5) is 0 Å². The van der Waals surface area contributed by atoms with Gasteiger partial charge in [-0.3, -0.25) is 15.4 Å². The molecular formula is C19H23N5S. The molecule has 1 aromatic heterocycles. The van der Waals surface area contributed by atoms with E-state index in [9.17, 15) is 0 Å². The van der Waals surface area contributed by atoms with Gasteiger partial charge >= 0.3 is 0 Å². The molecule has 25 heavy (non-hydrogen) atoms. The van der Waals surface area contributed by atoms with E-state index in [2.05, 4.69) is 55.7 Å². The lowest BCUT2D eigenvalue weighted by atomic mass is 9.90. The molecule has 0 amide bonds. The third-order valence-corrected chi connectivity index (χ3v) is 4.95. The summed E-state index contributed by atoms with van der Waals surface area (Å²) in [6.07, 6.45) is 5.57. The molecule has 1 aromatic carbocycles. The van der Waals surface area contributed by atoms with Gasteiger partial charge in [-0.05, 0) is 50.4 Å². The number of likely N-dealkylation sites (tertiary alicyclic amines) is 1. The fourth-order valence-corrected chi connectivity index (χ4v) is 3.39. The highest BCUT2D eigenvalue weighted by atomic mass is 32.1. The van der Waals surface area contributed by atoms with Crippen molar-refractivity contribution >= 4 is 23.0 Å². The molecule has 3 rings (SSSR count). The number of thiocarbonyl (C=S) groups is 1. The van der Waals surface area contributed by atoms with Crippen LogP contribution in [0.5, 0.6) is 0 Å². The summed E-state index contributed by atoms with van der Waals surface area (Å²) in [5, 5.41) is 5.06. The lowest BCUT2D eigenvalue weighted by molar-refractivity contribution is 0.310. The first-order chi connectivity index (χ1) is 12.1. The third-order valence-electron chi connectivity index (χ3n) is 4.60. The Hall–Kier alpha value is -2.34. The maximum Gasteiger partial charge on any atom is 0.189 e. The average molecular weight is 353 g/mol. The fraction of sp³-hybridized carbons (Fsp3) is 0.368. The Bertz CT molecular complexity index is 751. The lowest BCUT2D eigenvalue weighted by Crippen LogP contribution is -2.42. The predicted octanol–water partition coefficient (Wildman–Crippen LogP) is 3.26. The van der Waals surface area contributed by atoms with Crippen molar-refractivity contribution in [3.8, 4) is 0 Å². The largest absolute Gasteiger partial charge is 0.348 e. The Morgan fingerprint density at radius 3 is 2.52 bits per heavy atom. The molecule has 0 atom stereocenters. The number of nitrogens with one attached hydrogen (secondary N) is 1. The van der Waals surface area contributed by atoms with Gasteiger partial charge in [0.25, 0.3) is 0 Å². The molecule has 0 radical (unpaired) electrons. The summed E-state index contributed by atoms with van der Waals surface area (Å²) < 4.78 is 0. The van der Waals surface area contributed by atoms with Crippen LogP contribution < -0.4 is 5.43 Å². The van der Waals surface area contributed by atoms with Gasteiger partial charge in [-0.25, -0.2) is 0 Å². The third kappa shape index (κ3) is 4.39. The van der Waals surface area contributed by atoms with Crippen molar-refractivity contribution < 1.29 is 0 Å². The molecule has 5 nitrogen and oxygen atoms in total. The standard InChI is InChI=1S/C19H23N5S/c1-14-18(21-11-10-20-14)15(2)22-23-19(25)24-12-8-17(9-13-24)16-6-4-3-5-7-16/h3-7,10-11,17H,8-9,12-13H2,1-2H3,(H,23,25)/b22-15-. The monoisotopic (exact) mass is 353 g/mol. The molecule has 0 aliphatic carbocycles. The maximum atomic E-state index is 5.50. The van der Waals surface area contributed by atoms with Gasteiger partial charge < -0.3 is 4.90 Å². The van der Waals surface area contributed by atoms with Gasteiger partial charge in [-0.15, -0.1) is 0 Å². The Labute approximate surface area is 154 Å². The zero-order chi connectivity index (χ0) is 17.6. The van der Waals surface area contributed by atoms with Crippen molar-refractivity contribution in [1.82, 2.24) is 20.3 Å². The predicted molar refractivity (Wildman–Crippen MR) is 105 cm³/mol. The molecular weight excluding hydrogens is 330 g/mol. The molecule has 6 heteroatoms. The molecule has 130 valence electrons. The van der Waals surface area contributed by atoms with E-state index in [0.29, 0.717) is 11.0 Å². The molecule has 0 spiro atoms. The van der Waals surface area contributed by atoms with Crippen LogP contribution in [-0.2, 0) is 0 Å². The summed E-state index contributed by atoms with van der Waals surface area (Å²) in [5.74, 6) is 0.618. The molecule has 2 heterocycles. The minimum Gasteiger partial charge on any atom is -0.348 e. The number of piperidine rings is 1. The fourth-order valence-electron chi connectivity index (χ4n) is 3.16. The van der Waals surface area contributed by atoms with E-state index >= 15 is 0 Å². The number of aromatic nitrogens is 2. The van der Waals surface area contributed by atoms with Crippen molar-refractivity contribution in [3.63, 3.8) is 0 Å². The number of benzene rings is 1. The molecule has 2 aromatic rings. The van der Waals surface area contributed by atoms with Crippen LogP contribution in [-0.4, -0.2) is 38.8 Å². The first-order valence-electron chi connectivity index (χ1n) is 8.57. The smallest absolute Gasteiger partial charge is 0.189 e. The van der Waals surface area contributed by atoms with Crippen molar-refractivity contribution in [3.05, 3.63) is 59.7 Å². The second-order valence-corrected chi connectivity index (χ2v) is 6.66. The number of nitrogens with zero attached hydrogens (tertiary/aromatic N) is 4. The van der Waals surface area contributed by atoms with Crippen LogP contribution in [0.3, 0.4) is 0 Å². The summed E-state index contributed by atoms with van der Waals surface area (Å²) in [4.78, 5) is 10.8. The van der Waals surface area contributed by atoms with Crippen LogP contribution >= 0.6 is 12.2 Å². The lowest BCUT2D eigenvalue weighted by Gasteiger charge is -2.33. The molecule has 0 unspecified atom stereocenters. The van der Waals surface area contributed by atoms with Gasteiger partial charge in [-0.2, -0.15) is 5.10 Å². The zero-order valence-electron chi connectivity index (χ0n) is 14.6. The topological polar surface area (TPSA) is 53.4 Å². The second-order valence-electron chi connectivity index (χ2n) is 6.28. The Kier molecular flexibility index (Phi) is 5.71. The van der Waals surface area contributed by atoms with Gasteiger partial charge in [0.15, 0.2) is 5.11 Å². The van der Waals surface area contributed by atoms with Gasteiger partial charge in [0.2, 0.25) is 0 Å². The van der Waals surface area contributed by atoms with E-state index in [4.69, 9.17) is 12.2 Å². The zero-order valence-corrected chi connectivity index (χ0v) is 15.5. The molecule has 1 aliphatic rings. The van der Waals surface area contributed by atoms with E-state index in [0.717, 1.165) is 43.0 Å². The molecule has 0 saturated carbocycles. The quantitative estimate of drug-likeness (QED) is 0.521. The Morgan fingerprint density at radius 1 is 1.16 bits per heavy atom. The van der Waals surface area contributed by atoms with Crippen LogP contribution in [0, 0.1) is 6.92 Å². The van der Waals surface area contributed by atoms with Crippen LogP contribution in [0.2, 0.25) is 0 Å². The van der Waals surface area contributed by atoms with Gasteiger partial charge in [0.05, 0.1) is 11.4 Å². The summed E-state index contributed by atoms with van der Waals surface area (Å²) in [7, 11) is 0. The Morgan fingerprint density at radius 2 is 1.84 bits per heavy atom. The first kappa shape index (κ1) is 17.5. The van der Waals surface area contributed by atoms with Crippen molar-refractivity contribution in [2.24, 2.45) is 5.10 Å². The van der Waals surface area contributed by atoms with E-state index in [-0.39, 0.29) is 0 Å². The van der Waals surface area contributed by atoms with Crippen molar-refractivity contribution in [1.29, 1.82) is 0 Å².